The summed E-state index contributed by atoms with van der Waals surface area (Å²) in [4.78, 5) is 17.1. The third-order valence-electron chi connectivity index (χ3n) is 4.70. The number of piperazine rings is 1. The fourth-order valence-electron chi connectivity index (χ4n) is 3.18. The first kappa shape index (κ1) is 19.7. The molecule has 1 fully saturated rings. The summed E-state index contributed by atoms with van der Waals surface area (Å²) >= 11 is 5.88. The largest absolute Gasteiger partial charge is 0.492 e. The second-order valence-corrected chi connectivity index (χ2v) is 6.96. The van der Waals surface area contributed by atoms with E-state index in [1.54, 1.807) is 7.11 Å². The quantitative estimate of drug-likeness (QED) is 0.729. The molecule has 144 valence electrons. The van der Waals surface area contributed by atoms with Crippen molar-refractivity contribution < 1.29 is 14.3 Å². The number of carbonyl (C=O) groups excluding carboxylic acids is 1. The Balaban J connectivity index is 1.46. The number of hydrogen-bond acceptors (Lipinski definition) is 4. The molecule has 0 N–H and O–H groups in total. The van der Waals surface area contributed by atoms with E-state index in [2.05, 4.69) is 4.90 Å². The van der Waals surface area contributed by atoms with Crippen LogP contribution >= 0.6 is 11.6 Å². The Kier molecular flexibility index (Phi) is 7.10. The van der Waals surface area contributed by atoms with Gasteiger partial charge in [-0.05, 0) is 35.9 Å². The van der Waals surface area contributed by atoms with E-state index in [1.165, 1.54) is 0 Å². The molecule has 1 heterocycles. The third-order valence-corrected chi connectivity index (χ3v) is 4.95. The van der Waals surface area contributed by atoms with Crippen LogP contribution < -0.4 is 4.74 Å². The normalized spacial score (nSPS) is 15.0. The van der Waals surface area contributed by atoms with Gasteiger partial charge >= 0.3 is 0 Å². The lowest BCUT2D eigenvalue weighted by molar-refractivity contribution is 0.0616. The maximum atomic E-state index is 12.8. The number of nitrogens with zero attached hydrogens (tertiary/aromatic N) is 2. The predicted molar refractivity (Wildman–Crippen MR) is 106 cm³/mol. The van der Waals surface area contributed by atoms with E-state index in [4.69, 9.17) is 21.1 Å². The summed E-state index contributed by atoms with van der Waals surface area (Å²) in [6.45, 7) is 5.05. The minimum atomic E-state index is 0.0831. The highest BCUT2D eigenvalue weighted by atomic mass is 35.5. The molecule has 0 aromatic heterocycles. The van der Waals surface area contributed by atoms with Crippen molar-refractivity contribution >= 4 is 17.5 Å². The van der Waals surface area contributed by atoms with Gasteiger partial charge in [-0.1, -0.05) is 29.8 Å². The van der Waals surface area contributed by atoms with Crippen molar-refractivity contribution in [1.29, 1.82) is 0 Å². The summed E-state index contributed by atoms with van der Waals surface area (Å²) in [7, 11) is 1.64. The first-order chi connectivity index (χ1) is 13.2. The van der Waals surface area contributed by atoms with Crippen molar-refractivity contribution in [1.82, 2.24) is 9.80 Å². The summed E-state index contributed by atoms with van der Waals surface area (Å²) in [6, 6.07) is 15.0. The molecule has 0 saturated carbocycles. The van der Waals surface area contributed by atoms with Crippen LogP contribution in [0.3, 0.4) is 0 Å². The van der Waals surface area contributed by atoms with Gasteiger partial charge in [0.05, 0.1) is 6.61 Å². The molecule has 0 spiro atoms. The molecular weight excluding hydrogens is 364 g/mol. The average Bonchev–Trinajstić information content (AvgIpc) is 2.70. The van der Waals surface area contributed by atoms with Crippen molar-refractivity contribution in [3.05, 3.63) is 64.7 Å². The molecule has 0 aliphatic carbocycles. The smallest absolute Gasteiger partial charge is 0.254 e. The van der Waals surface area contributed by atoms with Gasteiger partial charge < -0.3 is 14.4 Å². The molecule has 1 aliphatic heterocycles. The Bertz CT molecular complexity index is 743. The van der Waals surface area contributed by atoms with E-state index >= 15 is 0 Å². The second kappa shape index (κ2) is 9.74. The van der Waals surface area contributed by atoms with Gasteiger partial charge in [-0.25, -0.2) is 0 Å². The SMILES string of the molecule is COCc1ccccc1C(=O)N1CCN(CCOc2ccc(Cl)cc2)CC1. The number of halogens is 1. The first-order valence-corrected chi connectivity index (χ1v) is 9.52. The van der Waals surface area contributed by atoms with Crippen molar-refractivity contribution in [3.8, 4) is 5.75 Å². The van der Waals surface area contributed by atoms with Crippen molar-refractivity contribution in [2.75, 3.05) is 46.4 Å². The predicted octanol–water partition coefficient (Wildman–Crippen LogP) is 3.32. The van der Waals surface area contributed by atoms with Crippen LogP contribution in [0.1, 0.15) is 15.9 Å². The highest BCUT2D eigenvalue weighted by Crippen LogP contribution is 2.16. The summed E-state index contributed by atoms with van der Waals surface area (Å²) in [5, 5.41) is 0.704. The topological polar surface area (TPSA) is 42.0 Å². The molecule has 0 radical (unpaired) electrons. The van der Waals surface area contributed by atoms with Crippen LogP contribution in [0.5, 0.6) is 5.75 Å². The zero-order valence-electron chi connectivity index (χ0n) is 15.6. The van der Waals surface area contributed by atoms with E-state index < -0.39 is 0 Å². The maximum absolute atomic E-state index is 12.8. The van der Waals surface area contributed by atoms with Crippen LogP contribution in [0.25, 0.3) is 0 Å². The fraction of sp³-hybridized carbons (Fsp3) is 0.381. The molecule has 1 aliphatic rings. The molecule has 0 unspecified atom stereocenters. The molecule has 1 amide bonds. The van der Waals surface area contributed by atoms with Crippen LogP contribution in [0.4, 0.5) is 0 Å². The van der Waals surface area contributed by atoms with Crippen LogP contribution in [0.15, 0.2) is 48.5 Å². The van der Waals surface area contributed by atoms with Crippen molar-refractivity contribution in [3.63, 3.8) is 0 Å². The third kappa shape index (κ3) is 5.45. The standard InChI is InChI=1S/C21H25ClN2O3/c1-26-16-17-4-2-3-5-20(17)21(25)24-12-10-23(11-13-24)14-15-27-19-8-6-18(22)7-9-19/h2-9H,10-16H2,1H3. The lowest BCUT2D eigenvalue weighted by Crippen LogP contribution is -2.49. The fourth-order valence-corrected chi connectivity index (χ4v) is 3.30. The monoisotopic (exact) mass is 388 g/mol. The highest BCUT2D eigenvalue weighted by molar-refractivity contribution is 6.30. The number of rotatable bonds is 7. The van der Waals surface area contributed by atoms with Crippen LogP contribution in [0, 0.1) is 0 Å². The van der Waals surface area contributed by atoms with E-state index in [0.29, 0.717) is 18.2 Å². The van der Waals surface area contributed by atoms with E-state index in [1.807, 2.05) is 53.4 Å². The van der Waals surface area contributed by atoms with Crippen molar-refractivity contribution in [2.45, 2.75) is 6.61 Å². The molecule has 27 heavy (non-hydrogen) atoms. The number of methoxy groups -OCH3 is 1. The van der Waals surface area contributed by atoms with Gasteiger partial charge in [0.2, 0.25) is 0 Å². The lowest BCUT2D eigenvalue weighted by atomic mass is 10.1. The molecule has 5 nitrogen and oxygen atoms in total. The van der Waals surface area contributed by atoms with Gasteiger partial charge in [0.1, 0.15) is 12.4 Å². The lowest BCUT2D eigenvalue weighted by Gasteiger charge is -2.35. The van der Waals surface area contributed by atoms with Gasteiger partial charge in [0, 0.05) is 50.4 Å². The Hall–Kier alpha value is -2.08. The molecule has 2 aromatic rings. The van der Waals surface area contributed by atoms with E-state index in [9.17, 15) is 4.79 Å². The van der Waals surface area contributed by atoms with E-state index in [0.717, 1.165) is 49.6 Å². The average molecular weight is 389 g/mol. The minimum Gasteiger partial charge on any atom is -0.492 e. The zero-order chi connectivity index (χ0) is 19.1. The Labute approximate surface area is 165 Å². The summed E-state index contributed by atoms with van der Waals surface area (Å²) < 4.78 is 11.0. The Morgan fingerprint density at radius 2 is 1.74 bits per heavy atom. The first-order valence-electron chi connectivity index (χ1n) is 9.14. The molecule has 0 bridgehead atoms. The van der Waals surface area contributed by atoms with Crippen LogP contribution in [0.2, 0.25) is 5.02 Å². The Morgan fingerprint density at radius 1 is 1.04 bits per heavy atom. The van der Waals surface area contributed by atoms with Gasteiger partial charge in [-0.15, -0.1) is 0 Å². The Morgan fingerprint density at radius 3 is 2.44 bits per heavy atom. The molecule has 0 atom stereocenters. The van der Waals surface area contributed by atoms with Gasteiger partial charge in [0.25, 0.3) is 5.91 Å². The zero-order valence-corrected chi connectivity index (χ0v) is 16.3. The van der Waals surface area contributed by atoms with Gasteiger partial charge in [-0.3, -0.25) is 9.69 Å². The van der Waals surface area contributed by atoms with E-state index in [-0.39, 0.29) is 5.91 Å². The summed E-state index contributed by atoms with van der Waals surface area (Å²) in [5.74, 6) is 0.905. The molecule has 2 aromatic carbocycles. The molecular formula is C21H25ClN2O3. The number of benzene rings is 2. The molecule has 3 rings (SSSR count). The number of carbonyl (C=O) groups is 1. The molecule has 1 saturated heterocycles. The molecule has 6 heteroatoms. The van der Waals surface area contributed by atoms with Crippen LogP contribution in [-0.4, -0.2) is 62.1 Å². The number of amides is 1. The summed E-state index contributed by atoms with van der Waals surface area (Å²) in [6.07, 6.45) is 0. The van der Waals surface area contributed by atoms with Gasteiger partial charge in [-0.2, -0.15) is 0 Å². The second-order valence-electron chi connectivity index (χ2n) is 6.53. The van der Waals surface area contributed by atoms with Gasteiger partial charge in [0.15, 0.2) is 0 Å². The number of ether oxygens (including phenoxy) is 2. The number of hydrogen-bond donors (Lipinski definition) is 0. The highest BCUT2D eigenvalue weighted by Gasteiger charge is 2.23. The maximum Gasteiger partial charge on any atom is 0.254 e. The van der Waals surface area contributed by atoms with Crippen molar-refractivity contribution in [2.24, 2.45) is 0 Å². The summed E-state index contributed by atoms with van der Waals surface area (Å²) in [5.41, 5.74) is 1.67. The van der Waals surface area contributed by atoms with Crippen LogP contribution in [-0.2, 0) is 11.3 Å². The minimum absolute atomic E-state index is 0.0831.